The maximum absolute atomic E-state index is 13.8. The minimum absolute atomic E-state index is 0.237. The molecule has 0 aliphatic rings. The molecular weight excluding hydrogens is 536 g/mol. The molecule has 3 aromatic rings. The summed E-state index contributed by atoms with van der Waals surface area (Å²) in [5, 5.41) is 16.0. The molecule has 0 heterocycles. The lowest BCUT2D eigenvalue weighted by molar-refractivity contribution is -0.148. The summed E-state index contributed by atoms with van der Waals surface area (Å²) >= 11 is 0. The Morgan fingerprint density at radius 1 is 0.860 bits per heavy atom. The number of carbonyl (C=O) groups excluding carboxylic acids is 2. The van der Waals surface area contributed by atoms with Crippen LogP contribution in [0, 0.1) is 24.2 Å². The SMILES string of the molecule is CCC[C@H](C(=O)O)[C@@H](CC=Cc1ccc(-c2ccccc2)c(C)c1)C(=O)N[C@H](C(=O)N[C@H](C)c1ccccc1)C(C)(C)C. The Hall–Kier alpha value is -4.19. The average Bonchev–Trinajstić information content (AvgIpc) is 2.97. The molecule has 0 radical (unpaired) electrons. The van der Waals surface area contributed by atoms with Gasteiger partial charge in [-0.15, -0.1) is 0 Å². The van der Waals surface area contributed by atoms with Crippen LogP contribution in [0.5, 0.6) is 0 Å². The van der Waals surface area contributed by atoms with Gasteiger partial charge in [-0.1, -0.05) is 125 Å². The molecular formula is C37H46N2O4. The Balaban J connectivity index is 1.81. The Labute approximate surface area is 256 Å². The fourth-order valence-corrected chi connectivity index (χ4v) is 5.39. The second-order valence-corrected chi connectivity index (χ2v) is 12.4. The molecule has 0 aromatic heterocycles. The van der Waals surface area contributed by atoms with Gasteiger partial charge in [-0.2, -0.15) is 0 Å². The number of aliphatic carboxylic acids is 1. The number of amides is 2. The van der Waals surface area contributed by atoms with Gasteiger partial charge in [0.15, 0.2) is 0 Å². The van der Waals surface area contributed by atoms with Gasteiger partial charge in [0.05, 0.1) is 17.9 Å². The standard InChI is InChI=1S/C37H46N2O4/c1-7-15-32(36(42)43)31(21-14-16-27-22-23-30(25(2)24-27)29-19-12-9-13-20-29)34(40)39-33(37(4,5)6)35(41)38-26(3)28-17-10-8-11-18-28/h8-14,16-20,22-24,26,31-33H,7,15,21H2,1-6H3,(H,38,41)(H,39,40)(H,42,43)/t26-,31-,32+,33-/m1/s1. The number of carboxylic acid groups (broad SMARTS) is 1. The highest BCUT2D eigenvalue weighted by Crippen LogP contribution is 2.28. The molecule has 0 spiro atoms. The molecule has 0 aliphatic heterocycles. The van der Waals surface area contributed by atoms with Crippen molar-refractivity contribution in [3.05, 3.63) is 102 Å². The van der Waals surface area contributed by atoms with Crippen molar-refractivity contribution in [2.24, 2.45) is 17.3 Å². The molecule has 0 aliphatic carbocycles. The van der Waals surface area contributed by atoms with Crippen molar-refractivity contribution in [3.8, 4) is 11.1 Å². The number of nitrogens with one attached hydrogen (secondary N) is 2. The van der Waals surface area contributed by atoms with Crippen LogP contribution >= 0.6 is 0 Å². The van der Waals surface area contributed by atoms with E-state index in [1.807, 2.05) is 101 Å². The summed E-state index contributed by atoms with van der Waals surface area (Å²) < 4.78 is 0. The first-order valence-electron chi connectivity index (χ1n) is 15.1. The predicted molar refractivity (Wildman–Crippen MR) is 174 cm³/mol. The van der Waals surface area contributed by atoms with E-state index in [1.165, 1.54) is 0 Å². The number of rotatable bonds is 13. The summed E-state index contributed by atoms with van der Waals surface area (Å²) in [6.45, 7) is 11.5. The third kappa shape index (κ3) is 9.40. The molecule has 0 bridgehead atoms. The van der Waals surface area contributed by atoms with Crippen LogP contribution < -0.4 is 10.6 Å². The first kappa shape index (κ1) is 33.3. The van der Waals surface area contributed by atoms with E-state index in [2.05, 4.69) is 41.8 Å². The van der Waals surface area contributed by atoms with Crippen LogP contribution in [-0.4, -0.2) is 28.9 Å². The minimum atomic E-state index is -1.01. The van der Waals surface area contributed by atoms with Crippen molar-refractivity contribution in [2.75, 3.05) is 0 Å². The number of benzene rings is 3. The van der Waals surface area contributed by atoms with Crippen LogP contribution in [0.1, 0.15) is 76.6 Å². The van der Waals surface area contributed by atoms with Gasteiger partial charge in [0, 0.05) is 0 Å². The van der Waals surface area contributed by atoms with Gasteiger partial charge in [0.2, 0.25) is 11.8 Å². The van der Waals surface area contributed by atoms with Crippen molar-refractivity contribution in [1.29, 1.82) is 0 Å². The quantitative estimate of drug-likeness (QED) is 0.193. The van der Waals surface area contributed by atoms with Gasteiger partial charge in [-0.05, 0) is 59.9 Å². The molecule has 4 atom stereocenters. The molecule has 3 aromatic carbocycles. The van der Waals surface area contributed by atoms with Crippen LogP contribution in [0.4, 0.5) is 0 Å². The minimum Gasteiger partial charge on any atom is -0.481 e. The molecule has 0 saturated heterocycles. The average molecular weight is 583 g/mol. The Morgan fingerprint density at radius 2 is 1.49 bits per heavy atom. The van der Waals surface area contributed by atoms with E-state index in [0.29, 0.717) is 12.8 Å². The largest absolute Gasteiger partial charge is 0.481 e. The number of carboxylic acids is 1. The van der Waals surface area contributed by atoms with Gasteiger partial charge in [0.25, 0.3) is 0 Å². The third-order valence-corrected chi connectivity index (χ3v) is 7.85. The molecule has 2 amide bonds. The molecule has 0 fully saturated rings. The van der Waals surface area contributed by atoms with Gasteiger partial charge in [-0.3, -0.25) is 14.4 Å². The van der Waals surface area contributed by atoms with E-state index < -0.39 is 35.2 Å². The smallest absolute Gasteiger partial charge is 0.307 e. The first-order chi connectivity index (χ1) is 20.4. The summed E-state index contributed by atoms with van der Waals surface area (Å²) in [5.41, 5.74) is 4.75. The molecule has 6 nitrogen and oxygen atoms in total. The zero-order chi connectivity index (χ0) is 31.6. The van der Waals surface area contributed by atoms with Crippen LogP contribution in [-0.2, 0) is 14.4 Å². The van der Waals surface area contributed by atoms with Crippen LogP contribution in [0.25, 0.3) is 17.2 Å². The van der Waals surface area contributed by atoms with Gasteiger partial charge in [-0.25, -0.2) is 0 Å². The highest BCUT2D eigenvalue weighted by atomic mass is 16.4. The predicted octanol–water partition coefficient (Wildman–Crippen LogP) is 7.59. The maximum Gasteiger partial charge on any atom is 0.307 e. The van der Waals surface area contributed by atoms with Crippen molar-refractivity contribution < 1.29 is 19.5 Å². The lowest BCUT2D eigenvalue weighted by Crippen LogP contribution is -2.55. The third-order valence-electron chi connectivity index (χ3n) is 7.85. The van der Waals surface area contributed by atoms with E-state index in [-0.39, 0.29) is 18.4 Å². The van der Waals surface area contributed by atoms with Crippen molar-refractivity contribution in [3.63, 3.8) is 0 Å². The number of aryl methyl sites for hydroxylation is 1. The second-order valence-electron chi connectivity index (χ2n) is 12.4. The second kappa shape index (κ2) is 15.3. The summed E-state index contributed by atoms with van der Waals surface area (Å²) in [6.07, 6.45) is 5.03. The number of hydrogen-bond donors (Lipinski definition) is 3. The lowest BCUT2D eigenvalue weighted by Gasteiger charge is -2.33. The molecule has 3 N–H and O–H groups in total. The first-order valence-corrected chi connectivity index (χ1v) is 15.1. The normalized spacial score (nSPS) is 14.5. The maximum atomic E-state index is 13.8. The van der Waals surface area contributed by atoms with Crippen LogP contribution in [0.3, 0.4) is 0 Å². The van der Waals surface area contributed by atoms with E-state index in [0.717, 1.165) is 27.8 Å². The molecule has 228 valence electrons. The molecule has 0 saturated carbocycles. The van der Waals surface area contributed by atoms with Gasteiger partial charge >= 0.3 is 5.97 Å². The number of carbonyl (C=O) groups is 3. The molecule has 43 heavy (non-hydrogen) atoms. The molecule has 6 heteroatoms. The van der Waals surface area contributed by atoms with E-state index in [4.69, 9.17) is 0 Å². The topological polar surface area (TPSA) is 95.5 Å². The Morgan fingerprint density at radius 3 is 2.05 bits per heavy atom. The van der Waals surface area contributed by atoms with Gasteiger partial charge in [0.1, 0.15) is 6.04 Å². The molecule has 0 unspecified atom stereocenters. The van der Waals surface area contributed by atoms with Crippen LogP contribution in [0.2, 0.25) is 0 Å². The van der Waals surface area contributed by atoms with Crippen molar-refractivity contribution in [1.82, 2.24) is 10.6 Å². The summed E-state index contributed by atoms with van der Waals surface area (Å²) in [4.78, 5) is 39.6. The van der Waals surface area contributed by atoms with E-state index >= 15 is 0 Å². The van der Waals surface area contributed by atoms with Crippen LogP contribution in [0.15, 0.2) is 84.9 Å². The van der Waals surface area contributed by atoms with Crippen molar-refractivity contribution in [2.45, 2.75) is 72.9 Å². The van der Waals surface area contributed by atoms with Crippen molar-refractivity contribution >= 4 is 23.9 Å². The number of hydrogen-bond acceptors (Lipinski definition) is 3. The van der Waals surface area contributed by atoms with E-state index in [1.54, 1.807) is 0 Å². The summed E-state index contributed by atoms with van der Waals surface area (Å²) in [7, 11) is 0. The monoisotopic (exact) mass is 582 g/mol. The number of allylic oxidation sites excluding steroid dienone is 1. The summed E-state index contributed by atoms with van der Waals surface area (Å²) in [6, 6.07) is 24.9. The fraction of sp³-hybridized carbons (Fsp3) is 0.378. The highest BCUT2D eigenvalue weighted by Gasteiger charge is 2.38. The zero-order valence-corrected chi connectivity index (χ0v) is 26.3. The van der Waals surface area contributed by atoms with E-state index in [9.17, 15) is 19.5 Å². The molecule has 3 rings (SSSR count). The lowest BCUT2D eigenvalue weighted by atomic mass is 9.82. The van der Waals surface area contributed by atoms with Gasteiger partial charge < -0.3 is 15.7 Å². The summed E-state index contributed by atoms with van der Waals surface area (Å²) in [5.74, 6) is -3.44. The fourth-order valence-electron chi connectivity index (χ4n) is 5.39. The highest BCUT2D eigenvalue weighted by molar-refractivity contribution is 5.91. The zero-order valence-electron chi connectivity index (χ0n) is 26.3. The Bertz CT molecular complexity index is 1390. The Kier molecular flexibility index (Phi) is 11.9.